The van der Waals surface area contributed by atoms with Crippen molar-refractivity contribution in [2.75, 3.05) is 0 Å². The number of hydrogen-bond donors (Lipinski definition) is 0. The van der Waals surface area contributed by atoms with Crippen molar-refractivity contribution in [3.05, 3.63) is 62.4 Å². The molecule has 7 heteroatoms. The lowest BCUT2D eigenvalue weighted by atomic mass is 10.2. The third kappa shape index (κ3) is 2.78. The van der Waals surface area contributed by atoms with Crippen molar-refractivity contribution in [1.29, 1.82) is 0 Å². The van der Waals surface area contributed by atoms with E-state index in [0.717, 1.165) is 26.3 Å². The van der Waals surface area contributed by atoms with Gasteiger partial charge in [-0.15, -0.1) is 16.4 Å². The van der Waals surface area contributed by atoms with Gasteiger partial charge in [-0.2, -0.15) is 4.98 Å². The molecule has 0 aliphatic carbocycles. The number of fused-ring (bicyclic) bond motifs is 1. The van der Waals surface area contributed by atoms with E-state index in [4.69, 9.17) is 23.2 Å². The zero-order chi connectivity index (χ0) is 16.0. The first-order valence-electron chi connectivity index (χ1n) is 6.67. The van der Waals surface area contributed by atoms with Gasteiger partial charge in [-0.05, 0) is 30.3 Å². The molecule has 0 N–H and O–H groups in total. The van der Waals surface area contributed by atoms with Crippen LogP contribution in [0.15, 0.2) is 52.3 Å². The minimum atomic E-state index is 0.543. The van der Waals surface area contributed by atoms with Gasteiger partial charge in [-0.1, -0.05) is 51.3 Å². The van der Waals surface area contributed by atoms with Crippen molar-refractivity contribution >= 4 is 55.4 Å². The average molecular weight is 425 g/mol. The normalized spacial score (nSPS) is 11.3. The molecule has 4 aromatic rings. The first-order chi connectivity index (χ1) is 11.1. The van der Waals surface area contributed by atoms with Crippen LogP contribution in [0, 0.1) is 0 Å². The third-order valence-corrected chi connectivity index (χ3v) is 5.29. The fourth-order valence-corrected chi connectivity index (χ4v) is 3.87. The van der Waals surface area contributed by atoms with E-state index >= 15 is 0 Å². The number of thiazole rings is 1. The Labute approximate surface area is 154 Å². The van der Waals surface area contributed by atoms with Gasteiger partial charge < -0.3 is 0 Å². The van der Waals surface area contributed by atoms with Gasteiger partial charge in [-0.25, -0.2) is 4.52 Å². The molecule has 3 nitrogen and oxygen atoms in total. The summed E-state index contributed by atoms with van der Waals surface area (Å²) >= 11 is 17.2. The molecule has 0 aliphatic heterocycles. The summed E-state index contributed by atoms with van der Waals surface area (Å²) in [6.45, 7) is 0. The van der Waals surface area contributed by atoms with Crippen LogP contribution in [0.2, 0.25) is 10.0 Å². The number of benzene rings is 2. The van der Waals surface area contributed by atoms with Crippen LogP contribution in [-0.2, 0) is 0 Å². The highest BCUT2D eigenvalue weighted by molar-refractivity contribution is 9.10. The molecule has 0 atom stereocenters. The monoisotopic (exact) mass is 423 g/mol. The first kappa shape index (κ1) is 15.1. The SMILES string of the molecule is Clc1ccc(-c2nc3scc(-c4ccc(Br)cc4)n3n2)c(Cl)c1. The van der Waals surface area contributed by atoms with Crippen molar-refractivity contribution in [1.82, 2.24) is 14.6 Å². The Morgan fingerprint density at radius 3 is 2.57 bits per heavy atom. The minimum absolute atomic E-state index is 0.543. The topological polar surface area (TPSA) is 30.2 Å². The molecule has 2 heterocycles. The Kier molecular flexibility index (Phi) is 3.89. The maximum atomic E-state index is 6.26. The maximum absolute atomic E-state index is 6.26. The molecule has 0 saturated carbocycles. The van der Waals surface area contributed by atoms with Gasteiger partial charge in [0.15, 0.2) is 5.82 Å². The number of rotatable bonds is 2. The Morgan fingerprint density at radius 2 is 1.83 bits per heavy atom. The zero-order valence-electron chi connectivity index (χ0n) is 11.5. The van der Waals surface area contributed by atoms with Gasteiger partial charge in [0.25, 0.3) is 0 Å². The predicted octanol–water partition coefficient (Wildman–Crippen LogP) is 6.19. The molecule has 2 aromatic carbocycles. The molecule has 0 fully saturated rings. The second-order valence-corrected chi connectivity index (χ2v) is 7.48. The summed E-state index contributed by atoms with van der Waals surface area (Å²) in [7, 11) is 0. The number of halogens is 3. The van der Waals surface area contributed by atoms with Crippen molar-refractivity contribution < 1.29 is 0 Å². The molecule has 0 spiro atoms. The number of aromatic nitrogens is 3. The molecule has 4 rings (SSSR count). The van der Waals surface area contributed by atoms with E-state index in [1.165, 1.54) is 0 Å². The fourth-order valence-electron chi connectivity index (χ4n) is 2.29. The van der Waals surface area contributed by atoms with Crippen LogP contribution in [-0.4, -0.2) is 14.6 Å². The van der Waals surface area contributed by atoms with Crippen LogP contribution in [0.4, 0.5) is 0 Å². The van der Waals surface area contributed by atoms with Gasteiger partial charge in [0, 0.05) is 26.0 Å². The second-order valence-electron chi connectivity index (χ2n) is 4.88. The van der Waals surface area contributed by atoms with E-state index in [1.807, 2.05) is 40.2 Å². The largest absolute Gasteiger partial charge is 0.213 e. The molecular formula is C16H8BrCl2N3S. The van der Waals surface area contributed by atoms with E-state index in [1.54, 1.807) is 23.5 Å². The Hall–Kier alpha value is -1.40. The van der Waals surface area contributed by atoms with E-state index in [0.29, 0.717) is 15.9 Å². The molecule has 0 radical (unpaired) electrons. The molecule has 0 unspecified atom stereocenters. The van der Waals surface area contributed by atoms with Gasteiger partial charge in [-0.3, -0.25) is 0 Å². The van der Waals surface area contributed by atoms with Crippen LogP contribution in [0.5, 0.6) is 0 Å². The van der Waals surface area contributed by atoms with E-state index < -0.39 is 0 Å². The molecule has 0 aliphatic rings. The van der Waals surface area contributed by atoms with Crippen molar-refractivity contribution in [3.63, 3.8) is 0 Å². The molecule has 0 bridgehead atoms. The molecule has 2 aromatic heterocycles. The lowest BCUT2D eigenvalue weighted by molar-refractivity contribution is 0.990. The Bertz CT molecular complexity index is 1010. The van der Waals surface area contributed by atoms with Gasteiger partial charge in [0.1, 0.15) is 0 Å². The van der Waals surface area contributed by atoms with Gasteiger partial charge in [0.05, 0.1) is 10.7 Å². The molecule has 0 amide bonds. The highest BCUT2D eigenvalue weighted by atomic mass is 79.9. The molecule has 114 valence electrons. The Morgan fingerprint density at radius 1 is 1.04 bits per heavy atom. The van der Waals surface area contributed by atoms with Crippen LogP contribution in [0.1, 0.15) is 0 Å². The summed E-state index contributed by atoms with van der Waals surface area (Å²) in [5.74, 6) is 0.594. The van der Waals surface area contributed by atoms with Crippen LogP contribution in [0.25, 0.3) is 27.6 Å². The minimum Gasteiger partial charge on any atom is -0.203 e. The maximum Gasteiger partial charge on any atom is 0.213 e. The first-order valence-corrected chi connectivity index (χ1v) is 9.10. The quantitative estimate of drug-likeness (QED) is 0.383. The smallest absolute Gasteiger partial charge is 0.203 e. The van der Waals surface area contributed by atoms with E-state index in [-0.39, 0.29) is 0 Å². The lowest BCUT2D eigenvalue weighted by Crippen LogP contribution is -1.89. The fraction of sp³-hybridized carbons (Fsp3) is 0. The van der Waals surface area contributed by atoms with E-state index in [2.05, 4.69) is 26.0 Å². The van der Waals surface area contributed by atoms with Crippen molar-refractivity contribution in [2.45, 2.75) is 0 Å². The standard InChI is InChI=1S/C16H8BrCl2N3S/c17-10-3-1-9(2-4-10)14-8-23-16-20-15(21-22(14)16)12-6-5-11(18)7-13(12)19/h1-8H. The summed E-state index contributed by atoms with van der Waals surface area (Å²) < 4.78 is 2.88. The summed E-state index contributed by atoms with van der Waals surface area (Å²) in [5, 5.41) is 7.79. The van der Waals surface area contributed by atoms with Crippen LogP contribution in [0.3, 0.4) is 0 Å². The summed E-state index contributed by atoms with van der Waals surface area (Å²) in [6, 6.07) is 13.4. The lowest BCUT2D eigenvalue weighted by Gasteiger charge is -2.00. The van der Waals surface area contributed by atoms with Gasteiger partial charge >= 0.3 is 0 Å². The molecule has 23 heavy (non-hydrogen) atoms. The van der Waals surface area contributed by atoms with Crippen LogP contribution < -0.4 is 0 Å². The summed E-state index contributed by atoms with van der Waals surface area (Å²) in [6.07, 6.45) is 0. The Balaban J connectivity index is 1.84. The van der Waals surface area contributed by atoms with Crippen LogP contribution >= 0.6 is 50.5 Å². The van der Waals surface area contributed by atoms with Gasteiger partial charge in [0.2, 0.25) is 4.96 Å². The highest BCUT2D eigenvalue weighted by Gasteiger charge is 2.14. The summed E-state index contributed by atoms with van der Waals surface area (Å²) in [4.78, 5) is 5.39. The zero-order valence-corrected chi connectivity index (χ0v) is 15.4. The molecular weight excluding hydrogens is 417 g/mol. The number of nitrogens with zero attached hydrogens (tertiary/aromatic N) is 3. The number of hydrogen-bond acceptors (Lipinski definition) is 3. The highest BCUT2D eigenvalue weighted by Crippen LogP contribution is 2.31. The predicted molar refractivity (Wildman–Crippen MR) is 99.5 cm³/mol. The summed E-state index contributed by atoms with van der Waals surface area (Å²) in [5.41, 5.74) is 2.85. The van der Waals surface area contributed by atoms with E-state index in [9.17, 15) is 0 Å². The molecule has 0 saturated heterocycles. The second kappa shape index (κ2) is 5.91. The van der Waals surface area contributed by atoms with Crippen molar-refractivity contribution in [3.8, 4) is 22.6 Å². The third-order valence-electron chi connectivity index (χ3n) is 3.39. The average Bonchev–Trinajstić information content (AvgIpc) is 3.08. The van der Waals surface area contributed by atoms with Crippen molar-refractivity contribution in [2.24, 2.45) is 0 Å².